The predicted octanol–water partition coefficient (Wildman–Crippen LogP) is 0.956. The third-order valence-electron chi connectivity index (χ3n) is 1.46. The molecule has 0 unspecified atom stereocenters. The van der Waals surface area contributed by atoms with Gasteiger partial charge in [0.05, 0.1) is 14.2 Å². The van der Waals surface area contributed by atoms with Crippen molar-refractivity contribution < 1.29 is 14.3 Å². The van der Waals surface area contributed by atoms with Crippen molar-refractivity contribution in [2.24, 2.45) is 5.90 Å². The first kappa shape index (κ1) is 8.67. The molecule has 0 heterocycles. The lowest BCUT2D eigenvalue weighted by Crippen LogP contribution is -2.02. The number of hydrogen-bond acceptors (Lipinski definition) is 4. The van der Waals surface area contributed by atoms with Crippen LogP contribution in [0.1, 0.15) is 0 Å². The maximum Gasteiger partial charge on any atom is 0.154 e. The molecule has 0 aliphatic heterocycles. The second-order valence-electron chi connectivity index (χ2n) is 2.17. The molecule has 4 heteroatoms. The van der Waals surface area contributed by atoms with Crippen LogP contribution in [-0.4, -0.2) is 14.2 Å². The molecule has 0 fully saturated rings. The van der Waals surface area contributed by atoms with Gasteiger partial charge in [-0.1, -0.05) is 0 Å². The van der Waals surface area contributed by atoms with E-state index in [0.29, 0.717) is 17.2 Å². The van der Waals surface area contributed by atoms with Gasteiger partial charge in [0.25, 0.3) is 0 Å². The molecule has 0 saturated heterocycles. The number of nitrogens with two attached hydrogens (primary N) is 1. The van der Waals surface area contributed by atoms with E-state index >= 15 is 0 Å². The van der Waals surface area contributed by atoms with E-state index in [1.165, 1.54) is 0 Å². The van der Waals surface area contributed by atoms with Crippen LogP contribution >= 0.6 is 0 Å². The molecule has 0 aliphatic carbocycles. The minimum atomic E-state index is 0.506. The van der Waals surface area contributed by atoms with E-state index in [2.05, 4.69) is 4.84 Å². The van der Waals surface area contributed by atoms with Crippen molar-refractivity contribution in [3.05, 3.63) is 18.2 Å². The Hall–Kier alpha value is -1.42. The van der Waals surface area contributed by atoms with Crippen molar-refractivity contribution in [3.63, 3.8) is 0 Å². The highest BCUT2D eigenvalue weighted by Gasteiger charge is 2.00. The molecule has 0 aromatic heterocycles. The monoisotopic (exact) mass is 169 g/mol. The van der Waals surface area contributed by atoms with Crippen LogP contribution in [-0.2, 0) is 0 Å². The highest BCUT2D eigenvalue weighted by atomic mass is 16.6. The van der Waals surface area contributed by atoms with Gasteiger partial charge in [-0.2, -0.15) is 5.90 Å². The van der Waals surface area contributed by atoms with Crippen molar-refractivity contribution >= 4 is 0 Å². The van der Waals surface area contributed by atoms with E-state index in [4.69, 9.17) is 15.4 Å². The second kappa shape index (κ2) is 3.82. The molecule has 0 saturated carbocycles. The average molecular weight is 169 g/mol. The Bertz CT molecular complexity index is 207. The lowest BCUT2D eigenvalue weighted by atomic mass is 10.3. The molecular formula is C8H11NO3. The van der Waals surface area contributed by atoms with Crippen LogP contribution < -0.4 is 20.2 Å². The molecule has 2 N–H and O–H groups in total. The standard InChI is InChI=1S/C8H11NO3/c1-10-6-3-7(11-2)5-8(4-6)12-9/h3-5H,9H2,1-2H3. The van der Waals surface area contributed by atoms with Gasteiger partial charge in [0, 0.05) is 18.2 Å². The predicted molar refractivity (Wildman–Crippen MR) is 44.4 cm³/mol. The summed E-state index contributed by atoms with van der Waals surface area (Å²) in [5, 5.41) is 0. The van der Waals surface area contributed by atoms with E-state index in [9.17, 15) is 0 Å². The van der Waals surface area contributed by atoms with Gasteiger partial charge in [-0.3, -0.25) is 0 Å². The van der Waals surface area contributed by atoms with Gasteiger partial charge in [0.1, 0.15) is 11.5 Å². The van der Waals surface area contributed by atoms with Crippen LogP contribution in [0, 0.1) is 0 Å². The van der Waals surface area contributed by atoms with Gasteiger partial charge in [0.2, 0.25) is 0 Å². The third-order valence-corrected chi connectivity index (χ3v) is 1.46. The number of hydrogen-bond donors (Lipinski definition) is 1. The number of ether oxygens (including phenoxy) is 2. The number of benzene rings is 1. The van der Waals surface area contributed by atoms with Crippen molar-refractivity contribution in [1.29, 1.82) is 0 Å². The zero-order chi connectivity index (χ0) is 8.97. The SMILES string of the molecule is COc1cc(OC)cc(ON)c1. The summed E-state index contributed by atoms with van der Waals surface area (Å²) < 4.78 is 9.97. The van der Waals surface area contributed by atoms with Crippen LogP contribution in [0.2, 0.25) is 0 Å². The molecule has 0 aliphatic rings. The van der Waals surface area contributed by atoms with Gasteiger partial charge >= 0.3 is 0 Å². The lowest BCUT2D eigenvalue weighted by Gasteiger charge is -2.06. The first-order chi connectivity index (χ1) is 5.80. The molecule has 12 heavy (non-hydrogen) atoms. The molecule has 4 nitrogen and oxygen atoms in total. The zero-order valence-electron chi connectivity index (χ0n) is 7.03. The van der Waals surface area contributed by atoms with E-state index in [1.54, 1.807) is 32.4 Å². The third kappa shape index (κ3) is 1.79. The van der Waals surface area contributed by atoms with Crippen molar-refractivity contribution in [2.75, 3.05) is 14.2 Å². The number of rotatable bonds is 3. The molecule has 66 valence electrons. The Morgan fingerprint density at radius 2 is 1.33 bits per heavy atom. The minimum Gasteiger partial charge on any atom is -0.496 e. The quantitative estimate of drug-likeness (QED) is 0.684. The Balaban J connectivity index is 3.01. The fourth-order valence-electron chi connectivity index (χ4n) is 0.849. The van der Waals surface area contributed by atoms with E-state index in [0.717, 1.165) is 0 Å². The Labute approximate surface area is 70.8 Å². The first-order valence-corrected chi connectivity index (χ1v) is 3.40. The normalized spacial score (nSPS) is 9.25. The minimum absolute atomic E-state index is 0.506. The highest BCUT2D eigenvalue weighted by Crippen LogP contribution is 2.26. The lowest BCUT2D eigenvalue weighted by molar-refractivity contribution is 0.325. The summed E-state index contributed by atoms with van der Waals surface area (Å²) >= 11 is 0. The highest BCUT2D eigenvalue weighted by molar-refractivity contribution is 5.41. The summed E-state index contributed by atoms with van der Waals surface area (Å²) in [6.07, 6.45) is 0. The Morgan fingerprint density at radius 1 is 0.917 bits per heavy atom. The fraction of sp³-hybridized carbons (Fsp3) is 0.250. The summed E-state index contributed by atoms with van der Waals surface area (Å²) in [7, 11) is 3.13. The van der Waals surface area contributed by atoms with E-state index < -0.39 is 0 Å². The van der Waals surface area contributed by atoms with Gasteiger partial charge in [-0.05, 0) is 0 Å². The molecule has 0 spiro atoms. The molecule has 0 bridgehead atoms. The molecule has 0 amide bonds. The smallest absolute Gasteiger partial charge is 0.154 e. The molecule has 0 radical (unpaired) electrons. The Kier molecular flexibility index (Phi) is 2.76. The second-order valence-corrected chi connectivity index (χ2v) is 2.17. The summed E-state index contributed by atoms with van der Waals surface area (Å²) in [5.41, 5.74) is 0. The largest absolute Gasteiger partial charge is 0.496 e. The van der Waals surface area contributed by atoms with Crippen LogP contribution in [0.3, 0.4) is 0 Å². The molecule has 1 aromatic carbocycles. The van der Waals surface area contributed by atoms with Gasteiger partial charge < -0.3 is 14.3 Å². The Morgan fingerprint density at radius 3 is 1.67 bits per heavy atom. The zero-order valence-corrected chi connectivity index (χ0v) is 7.03. The fourth-order valence-corrected chi connectivity index (χ4v) is 0.849. The molecule has 0 atom stereocenters. The first-order valence-electron chi connectivity index (χ1n) is 3.40. The summed E-state index contributed by atoms with van der Waals surface area (Å²) in [6.45, 7) is 0. The van der Waals surface area contributed by atoms with Crippen molar-refractivity contribution in [3.8, 4) is 17.2 Å². The van der Waals surface area contributed by atoms with Crippen LogP contribution in [0.25, 0.3) is 0 Å². The van der Waals surface area contributed by atoms with Crippen LogP contribution in [0.4, 0.5) is 0 Å². The van der Waals surface area contributed by atoms with Crippen molar-refractivity contribution in [1.82, 2.24) is 0 Å². The number of methoxy groups -OCH3 is 2. The maximum absolute atomic E-state index is 4.99. The van der Waals surface area contributed by atoms with Crippen LogP contribution in [0.5, 0.6) is 17.2 Å². The summed E-state index contributed by atoms with van der Waals surface area (Å²) in [5.74, 6) is 6.79. The molecule has 1 aromatic rings. The topological polar surface area (TPSA) is 53.7 Å². The molecule has 1 rings (SSSR count). The van der Waals surface area contributed by atoms with Gasteiger partial charge in [-0.15, -0.1) is 0 Å². The summed E-state index contributed by atoms with van der Waals surface area (Å²) in [6, 6.07) is 5.08. The van der Waals surface area contributed by atoms with Crippen molar-refractivity contribution in [2.45, 2.75) is 0 Å². The van der Waals surface area contributed by atoms with E-state index in [-0.39, 0.29) is 0 Å². The van der Waals surface area contributed by atoms with E-state index in [1.807, 2.05) is 0 Å². The van der Waals surface area contributed by atoms with Gasteiger partial charge in [-0.25, -0.2) is 0 Å². The summed E-state index contributed by atoms with van der Waals surface area (Å²) in [4.78, 5) is 4.54. The molecular weight excluding hydrogens is 158 g/mol. The van der Waals surface area contributed by atoms with Gasteiger partial charge in [0.15, 0.2) is 5.75 Å². The average Bonchev–Trinajstić information content (AvgIpc) is 2.16. The van der Waals surface area contributed by atoms with Crippen LogP contribution in [0.15, 0.2) is 18.2 Å². The maximum atomic E-state index is 4.99.